The molecule has 0 saturated carbocycles. The molecule has 1 fully saturated rings. The summed E-state index contributed by atoms with van der Waals surface area (Å²) in [6, 6.07) is -0.999. The number of carboxylic acid groups (broad SMARTS) is 1. The van der Waals surface area contributed by atoms with Gasteiger partial charge in [-0.2, -0.15) is 0 Å². The van der Waals surface area contributed by atoms with E-state index in [4.69, 9.17) is 5.73 Å². The number of β-lactam (4-membered cyclic amide) rings is 1. The molecule has 4 N–H and O–H groups in total. The number of carbonyl (C=O) groups excluding carboxylic acids is 3. The van der Waals surface area contributed by atoms with Gasteiger partial charge in [0, 0.05) is 16.0 Å². The number of nitrogens with one attached hydrogen (secondary N) is 1. The molecule has 4 rings (SSSR count). The maximum Gasteiger partial charge on any atom is 0.352 e. The smallest absolute Gasteiger partial charge is 0.352 e. The number of carboxylic acids is 1. The van der Waals surface area contributed by atoms with E-state index in [2.05, 4.69) is 15.3 Å². The number of thiazole rings is 2. The number of anilines is 1. The van der Waals surface area contributed by atoms with E-state index in [0.29, 0.717) is 11.3 Å². The molecule has 13 heteroatoms. The molecular formula is C18H15N5O5S3. The predicted octanol–water partition coefficient (Wildman–Crippen LogP) is 1.12. The molecule has 2 atom stereocenters. The first-order chi connectivity index (χ1) is 14.8. The standard InChI is InChI=1S/C18H15N5O5S3/c1-7-10(31-6-20-7)3-2-8-4-29-16-11(15(26)23(16)12(8)17(27)28)22-14(25)13(24)9-5-30-18(19)21-9/h2-3,5-6,11,16H,4H2,1H3,(H2,19,21)(H,22,25)(H,27,28)/b3-2-/t11-,16-/m1/s1. The third-order valence-corrected chi connectivity index (χ3v) is 7.54. The van der Waals surface area contributed by atoms with E-state index in [1.807, 2.05) is 6.92 Å². The van der Waals surface area contributed by atoms with E-state index in [0.717, 1.165) is 26.8 Å². The van der Waals surface area contributed by atoms with Gasteiger partial charge in [0.1, 0.15) is 22.8 Å². The summed E-state index contributed by atoms with van der Waals surface area (Å²) in [6.07, 6.45) is 3.44. The summed E-state index contributed by atoms with van der Waals surface area (Å²) in [5.41, 5.74) is 8.25. The Kier molecular flexibility index (Phi) is 5.64. The van der Waals surface area contributed by atoms with E-state index in [-0.39, 0.29) is 16.5 Å². The Balaban J connectivity index is 1.51. The predicted molar refractivity (Wildman–Crippen MR) is 116 cm³/mol. The largest absolute Gasteiger partial charge is 0.477 e. The number of hydrogen-bond donors (Lipinski definition) is 3. The Labute approximate surface area is 187 Å². The summed E-state index contributed by atoms with van der Waals surface area (Å²) in [5.74, 6) is -3.40. The highest BCUT2D eigenvalue weighted by atomic mass is 32.2. The van der Waals surface area contributed by atoms with Crippen LogP contribution in [0.15, 0.2) is 28.2 Å². The molecule has 0 bridgehead atoms. The maximum atomic E-state index is 12.7. The van der Waals surface area contributed by atoms with Crippen molar-refractivity contribution in [1.82, 2.24) is 20.2 Å². The molecule has 0 spiro atoms. The van der Waals surface area contributed by atoms with Crippen molar-refractivity contribution in [1.29, 1.82) is 0 Å². The van der Waals surface area contributed by atoms with Gasteiger partial charge in [0.05, 0.1) is 11.2 Å². The number of amides is 2. The number of carbonyl (C=O) groups is 4. The monoisotopic (exact) mass is 477 g/mol. The summed E-state index contributed by atoms with van der Waals surface area (Å²) in [7, 11) is 0. The highest BCUT2D eigenvalue weighted by molar-refractivity contribution is 8.00. The number of nitrogens with zero attached hydrogens (tertiary/aromatic N) is 3. The topological polar surface area (TPSA) is 156 Å². The highest BCUT2D eigenvalue weighted by Gasteiger charge is 2.54. The Morgan fingerprint density at radius 3 is 2.71 bits per heavy atom. The van der Waals surface area contributed by atoms with Crippen LogP contribution in [0.4, 0.5) is 5.13 Å². The first kappa shape index (κ1) is 21.2. The van der Waals surface area contributed by atoms with Crippen molar-refractivity contribution in [2.45, 2.75) is 18.3 Å². The van der Waals surface area contributed by atoms with Crippen LogP contribution in [-0.2, 0) is 14.4 Å². The lowest BCUT2D eigenvalue weighted by molar-refractivity contribution is -0.150. The van der Waals surface area contributed by atoms with Gasteiger partial charge in [-0.15, -0.1) is 34.4 Å². The van der Waals surface area contributed by atoms with Gasteiger partial charge >= 0.3 is 5.97 Å². The number of allylic oxidation sites excluding steroid dienone is 1. The number of rotatable bonds is 6. The van der Waals surface area contributed by atoms with Gasteiger partial charge in [-0.05, 0) is 18.6 Å². The van der Waals surface area contributed by atoms with Crippen LogP contribution in [0.1, 0.15) is 21.1 Å². The Morgan fingerprint density at radius 1 is 1.32 bits per heavy atom. The number of nitrogens with two attached hydrogens (primary N) is 1. The second-order valence-electron chi connectivity index (χ2n) is 6.58. The zero-order valence-electron chi connectivity index (χ0n) is 15.9. The molecule has 2 aromatic heterocycles. The van der Waals surface area contributed by atoms with E-state index in [1.54, 1.807) is 17.7 Å². The van der Waals surface area contributed by atoms with Gasteiger partial charge in [0.25, 0.3) is 17.6 Å². The first-order valence-corrected chi connectivity index (χ1v) is 11.6. The molecule has 0 aromatic carbocycles. The average molecular weight is 478 g/mol. The molecule has 0 radical (unpaired) electrons. The van der Waals surface area contributed by atoms with Crippen LogP contribution in [0.2, 0.25) is 0 Å². The Bertz CT molecular complexity index is 1170. The van der Waals surface area contributed by atoms with Crippen molar-refractivity contribution in [3.8, 4) is 0 Å². The van der Waals surface area contributed by atoms with Crippen molar-refractivity contribution < 1.29 is 24.3 Å². The minimum absolute atomic E-state index is 0.100. The number of hydrogen-bond acceptors (Lipinski definition) is 10. The zero-order valence-corrected chi connectivity index (χ0v) is 18.3. The van der Waals surface area contributed by atoms with Crippen LogP contribution in [0.5, 0.6) is 0 Å². The van der Waals surface area contributed by atoms with Crippen LogP contribution in [0.25, 0.3) is 6.08 Å². The molecule has 0 unspecified atom stereocenters. The number of fused-ring (bicyclic) bond motifs is 1. The summed E-state index contributed by atoms with van der Waals surface area (Å²) in [5, 5.41) is 13.0. The molecule has 1 saturated heterocycles. The average Bonchev–Trinajstić information content (AvgIpc) is 3.36. The summed E-state index contributed by atoms with van der Waals surface area (Å²) < 4.78 is 0. The van der Waals surface area contributed by atoms with Gasteiger partial charge in [0.15, 0.2) is 5.13 Å². The molecule has 160 valence electrons. The molecular weight excluding hydrogens is 462 g/mol. The first-order valence-electron chi connectivity index (χ1n) is 8.83. The maximum absolute atomic E-state index is 12.7. The second-order valence-corrected chi connectivity index (χ2v) is 9.46. The fourth-order valence-electron chi connectivity index (χ4n) is 3.13. The highest BCUT2D eigenvalue weighted by Crippen LogP contribution is 2.41. The van der Waals surface area contributed by atoms with Crippen LogP contribution >= 0.6 is 34.4 Å². The number of ketones is 1. The summed E-state index contributed by atoms with van der Waals surface area (Å²) in [6.45, 7) is 1.85. The van der Waals surface area contributed by atoms with Gasteiger partial charge < -0.3 is 16.2 Å². The quantitative estimate of drug-likeness (QED) is 0.315. The Hall–Kier alpha value is -3.03. The van der Waals surface area contributed by atoms with Gasteiger partial charge in [0.2, 0.25) is 0 Å². The molecule has 2 aliphatic heterocycles. The molecule has 10 nitrogen and oxygen atoms in total. The van der Waals surface area contributed by atoms with Gasteiger partial charge in [-0.3, -0.25) is 19.3 Å². The number of Topliss-reactive ketones (excluding diaryl/α,β-unsaturated/α-hetero) is 1. The van der Waals surface area contributed by atoms with Crippen molar-refractivity contribution in [2.24, 2.45) is 0 Å². The third-order valence-electron chi connectivity index (χ3n) is 4.67. The minimum Gasteiger partial charge on any atom is -0.477 e. The van der Waals surface area contributed by atoms with Crippen molar-refractivity contribution in [3.63, 3.8) is 0 Å². The van der Waals surface area contributed by atoms with E-state index >= 15 is 0 Å². The van der Waals surface area contributed by atoms with Crippen LogP contribution in [0, 0.1) is 6.92 Å². The van der Waals surface area contributed by atoms with Crippen molar-refractivity contribution in [3.05, 3.63) is 44.5 Å². The molecule has 2 aromatic rings. The molecule has 4 heterocycles. The SMILES string of the molecule is Cc1ncsc1/C=C\C1=C(C(=O)O)N2C(=O)[C@@H](NC(=O)C(=O)c3csc(N)n3)[C@H]2SC1. The number of aromatic nitrogens is 2. The van der Waals surface area contributed by atoms with E-state index in [9.17, 15) is 24.3 Å². The molecule has 2 amide bonds. The number of thioether (sulfide) groups is 1. The Morgan fingerprint density at radius 2 is 2.10 bits per heavy atom. The number of nitrogen functional groups attached to an aromatic ring is 1. The van der Waals surface area contributed by atoms with Crippen molar-refractivity contribution >= 4 is 69.2 Å². The van der Waals surface area contributed by atoms with Crippen molar-refractivity contribution in [2.75, 3.05) is 11.5 Å². The van der Waals surface area contributed by atoms with Gasteiger partial charge in [-0.1, -0.05) is 6.08 Å². The lowest BCUT2D eigenvalue weighted by Crippen LogP contribution is -2.71. The molecule has 31 heavy (non-hydrogen) atoms. The van der Waals surface area contributed by atoms with Crippen LogP contribution in [-0.4, -0.2) is 60.7 Å². The van der Waals surface area contributed by atoms with Gasteiger partial charge in [-0.25, -0.2) is 14.8 Å². The number of aliphatic carboxylic acids is 1. The fourth-order valence-corrected chi connectivity index (χ4v) is 5.69. The summed E-state index contributed by atoms with van der Waals surface area (Å²) in [4.78, 5) is 58.9. The van der Waals surface area contributed by atoms with Crippen LogP contribution in [0.3, 0.4) is 0 Å². The molecule has 0 aliphatic carbocycles. The van der Waals surface area contributed by atoms with Crippen LogP contribution < -0.4 is 11.1 Å². The van der Waals surface area contributed by atoms with E-state index < -0.39 is 35.0 Å². The van der Waals surface area contributed by atoms with E-state index in [1.165, 1.54) is 28.5 Å². The minimum atomic E-state index is -1.24. The number of aryl methyl sites for hydroxylation is 1. The lowest BCUT2D eigenvalue weighted by Gasteiger charge is -2.49. The summed E-state index contributed by atoms with van der Waals surface area (Å²) >= 11 is 3.76. The zero-order chi connectivity index (χ0) is 22.3. The second kappa shape index (κ2) is 8.24. The normalized spacial score (nSPS) is 20.5. The molecule has 2 aliphatic rings. The lowest BCUT2D eigenvalue weighted by atomic mass is 10.0. The third kappa shape index (κ3) is 3.86. The fraction of sp³-hybridized carbons (Fsp3) is 0.222.